The average molecular weight is 293 g/mol. The zero-order valence-electron chi connectivity index (χ0n) is 12.4. The number of hydrogen-bond acceptors (Lipinski definition) is 6. The summed E-state index contributed by atoms with van der Waals surface area (Å²) in [6, 6.07) is 1.81. The van der Waals surface area contributed by atoms with Crippen molar-refractivity contribution in [2.24, 2.45) is 5.73 Å². The summed E-state index contributed by atoms with van der Waals surface area (Å²) < 4.78 is 10.1. The summed E-state index contributed by atoms with van der Waals surface area (Å²) in [5, 5.41) is 0. The molecule has 1 aromatic heterocycles. The van der Waals surface area contributed by atoms with Crippen LogP contribution in [0.25, 0.3) is 0 Å². The zero-order valence-corrected chi connectivity index (χ0v) is 12.4. The van der Waals surface area contributed by atoms with Gasteiger partial charge in [-0.05, 0) is 25.5 Å². The van der Waals surface area contributed by atoms with E-state index in [1.165, 1.54) is 7.11 Å². The van der Waals surface area contributed by atoms with E-state index in [1.807, 2.05) is 24.8 Å². The van der Waals surface area contributed by atoms with Crippen molar-refractivity contribution in [2.75, 3.05) is 31.7 Å². The Morgan fingerprint density at radius 3 is 2.81 bits per heavy atom. The van der Waals surface area contributed by atoms with E-state index in [0.717, 1.165) is 11.3 Å². The number of esters is 1. The Morgan fingerprint density at radius 1 is 1.48 bits per heavy atom. The monoisotopic (exact) mass is 293 g/mol. The lowest BCUT2D eigenvalue weighted by Crippen LogP contribution is -2.47. The maximum absolute atomic E-state index is 11.7. The molecule has 0 aromatic carbocycles. The zero-order chi connectivity index (χ0) is 15.6. The Balaban J connectivity index is 2.37. The number of primary amides is 1. The largest absolute Gasteiger partial charge is 0.467 e. The first kappa shape index (κ1) is 15.2. The SMILES string of the molecule is COC(=O)C1CN(c2nc(C)cc(C)c2C(N)=O)CCO1. The fourth-order valence-electron chi connectivity index (χ4n) is 2.47. The van der Waals surface area contributed by atoms with Crippen molar-refractivity contribution in [3.05, 3.63) is 22.9 Å². The van der Waals surface area contributed by atoms with Crippen LogP contribution in [0.2, 0.25) is 0 Å². The second-order valence-electron chi connectivity index (χ2n) is 4.97. The molecule has 1 aliphatic heterocycles. The third kappa shape index (κ3) is 3.13. The van der Waals surface area contributed by atoms with Crippen molar-refractivity contribution in [3.8, 4) is 0 Å². The Kier molecular flexibility index (Phi) is 4.42. The minimum Gasteiger partial charge on any atom is -0.467 e. The lowest BCUT2D eigenvalue weighted by molar-refractivity contribution is -0.154. The van der Waals surface area contributed by atoms with Crippen LogP contribution in [0.5, 0.6) is 0 Å². The van der Waals surface area contributed by atoms with Gasteiger partial charge in [0.2, 0.25) is 0 Å². The summed E-state index contributed by atoms with van der Waals surface area (Å²) in [6.07, 6.45) is -0.688. The van der Waals surface area contributed by atoms with E-state index in [2.05, 4.69) is 4.98 Å². The van der Waals surface area contributed by atoms with Crippen molar-refractivity contribution in [3.63, 3.8) is 0 Å². The Hall–Kier alpha value is -2.15. The first-order valence-corrected chi connectivity index (χ1v) is 6.66. The van der Waals surface area contributed by atoms with Gasteiger partial charge >= 0.3 is 5.97 Å². The number of aromatic nitrogens is 1. The molecule has 0 saturated carbocycles. The molecule has 21 heavy (non-hydrogen) atoms. The number of nitrogens with zero attached hydrogens (tertiary/aromatic N) is 2. The van der Waals surface area contributed by atoms with Crippen LogP contribution < -0.4 is 10.6 Å². The van der Waals surface area contributed by atoms with E-state index >= 15 is 0 Å². The van der Waals surface area contributed by atoms with Crippen LogP contribution in [0.15, 0.2) is 6.07 Å². The van der Waals surface area contributed by atoms with Gasteiger partial charge in [0.05, 0.1) is 25.8 Å². The minimum absolute atomic E-state index is 0.281. The number of carbonyl (C=O) groups excluding carboxylic acids is 2. The standard InChI is InChI=1S/C14H19N3O4/c1-8-6-9(2)16-13(11(8)12(15)18)17-4-5-21-10(7-17)14(19)20-3/h6,10H,4-5,7H2,1-3H3,(H2,15,18). The summed E-state index contributed by atoms with van der Waals surface area (Å²) in [6.45, 7) is 4.83. The van der Waals surface area contributed by atoms with Crippen molar-refractivity contribution < 1.29 is 19.1 Å². The van der Waals surface area contributed by atoms with E-state index in [4.69, 9.17) is 15.2 Å². The number of rotatable bonds is 3. The Labute approximate surface area is 123 Å². The van der Waals surface area contributed by atoms with Crippen molar-refractivity contribution >= 4 is 17.7 Å². The highest BCUT2D eigenvalue weighted by Crippen LogP contribution is 2.24. The van der Waals surface area contributed by atoms with Gasteiger partial charge < -0.3 is 20.1 Å². The third-order valence-electron chi connectivity index (χ3n) is 3.40. The molecule has 0 radical (unpaired) electrons. The number of hydrogen-bond donors (Lipinski definition) is 1. The molecule has 0 bridgehead atoms. The van der Waals surface area contributed by atoms with E-state index in [9.17, 15) is 9.59 Å². The summed E-state index contributed by atoms with van der Waals surface area (Å²) in [5.41, 5.74) is 7.40. The predicted octanol–water partition coefficient (Wildman–Crippen LogP) is 0.176. The molecule has 2 heterocycles. The topological polar surface area (TPSA) is 94.8 Å². The summed E-state index contributed by atoms with van der Waals surface area (Å²) >= 11 is 0. The maximum atomic E-state index is 11.7. The van der Waals surface area contributed by atoms with Gasteiger partial charge in [0.25, 0.3) is 5.91 Å². The van der Waals surface area contributed by atoms with Crippen LogP contribution in [-0.2, 0) is 14.3 Å². The first-order valence-electron chi connectivity index (χ1n) is 6.66. The number of anilines is 1. The van der Waals surface area contributed by atoms with Gasteiger partial charge in [-0.2, -0.15) is 0 Å². The number of pyridine rings is 1. The molecule has 1 atom stereocenters. The van der Waals surface area contributed by atoms with Crippen molar-refractivity contribution in [2.45, 2.75) is 20.0 Å². The molecular formula is C14H19N3O4. The molecule has 1 saturated heterocycles. The highest BCUT2D eigenvalue weighted by atomic mass is 16.6. The number of aryl methyl sites for hydroxylation is 2. The van der Waals surface area contributed by atoms with Gasteiger partial charge in [-0.1, -0.05) is 0 Å². The second-order valence-corrected chi connectivity index (χ2v) is 4.97. The number of methoxy groups -OCH3 is 1. The van der Waals surface area contributed by atoms with Crippen LogP contribution in [0.4, 0.5) is 5.82 Å². The minimum atomic E-state index is -0.688. The van der Waals surface area contributed by atoms with Crippen LogP contribution in [0.3, 0.4) is 0 Å². The molecule has 1 unspecified atom stereocenters. The molecular weight excluding hydrogens is 274 g/mol. The normalized spacial score (nSPS) is 18.4. The van der Waals surface area contributed by atoms with Gasteiger partial charge in [-0.25, -0.2) is 9.78 Å². The van der Waals surface area contributed by atoms with E-state index in [-0.39, 0.29) is 6.54 Å². The summed E-state index contributed by atoms with van der Waals surface area (Å²) in [4.78, 5) is 29.6. The number of amides is 1. The molecule has 1 amide bonds. The molecule has 114 valence electrons. The van der Waals surface area contributed by atoms with Crippen molar-refractivity contribution in [1.82, 2.24) is 4.98 Å². The molecule has 1 aliphatic rings. The van der Waals surface area contributed by atoms with Crippen molar-refractivity contribution in [1.29, 1.82) is 0 Å². The first-order chi connectivity index (χ1) is 9.93. The molecule has 0 spiro atoms. The van der Waals surface area contributed by atoms with Crippen LogP contribution >= 0.6 is 0 Å². The second kappa shape index (κ2) is 6.09. The fourth-order valence-corrected chi connectivity index (χ4v) is 2.47. The quantitative estimate of drug-likeness (QED) is 0.799. The van der Waals surface area contributed by atoms with Crippen LogP contribution in [-0.4, -0.2) is 49.8 Å². The maximum Gasteiger partial charge on any atom is 0.336 e. The molecule has 2 N–H and O–H groups in total. The Morgan fingerprint density at radius 2 is 2.19 bits per heavy atom. The molecule has 7 nitrogen and oxygen atoms in total. The van der Waals surface area contributed by atoms with Gasteiger partial charge in [0.15, 0.2) is 6.10 Å². The third-order valence-corrected chi connectivity index (χ3v) is 3.40. The van der Waals surface area contributed by atoms with Crippen LogP contribution in [0.1, 0.15) is 21.6 Å². The highest BCUT2D eigenvalue weighted by molar-refractivity contribution is 5.99. The fraction of sp³-hybridized carbons (Fsp3) is 0.500. The smallest absolute Gasteiger partial charge is 0.336 e. The molecule has 1 aromatic rings. The number of ether oxygens (including phenoxy) is 2. The molecule has 0 aliphatic carbocycles. The number of nitrogens with two attached hydrogens (primary N) is 1. The van der Waals surface area contributed by atoms with E-state index in [1.54, 1.807) is 0 Å². The lowest BCUT2D eigenvalue weighted by Gasteiger charge is -2.33. The van der Waals surface area contributed by atoms with E-state index < -0.39 is 18.0 Å². The average Bonchev–Trinajstić information content (AvgIpc) is 2.45. The lowest BCUT2D eigenvalue weighted by atomic mass is 10.1. The number of morpholine rings is 1. The van der Waals surface area contributed by atoms with Gasteiger partial charge in [-0.3, -0.25) is 4.79 Å². The summed E-state index contributed by atoms with van der Waals surface area (Å²) in [7, 11) is 1.31. The highest BCUT2D eigenvalue weighted by Gasteiger charge is 2.30. The van der Waals surface area contributed by atoms with Gasteiger partial charge in [0.1, 0.15) is 5.82 Å². The predicted molar refractivity (Wildman–Crippen MR) is 76.2 cm³/mol. The number of carbonyl (C=O) groups is 2. The van der Waals surface area contributed by atoms with Crippen LogP contribution in [0, 0.1) is 13.8 Å². The molecule has 1 fully saturated rings. The molecule has 2 rings (SSSR count). The van der Waals surface area contributed by atoms with Gasteiger partial charge in [0, 0.05) is 12.2 Å². The Bertz CT molecular complexity index is 574. The van der Waals surface area contributed by atoms with Gasteiger partial charge in [-0.15, -0.1) is 0 Å². The van der Waals surface area contributed by atoms with E-state index in [0.29, 0.717) is 24.5 Å². The molecule has 7 heteroatoms. The summed E-state index contributed by atoms with van der Waals surface area (Å²) in [5.74, 6) is -0.474.